The van der Waals surface area contributed by atoms with E-state index in [1.807, 2.05) is 29.1 Å². The Hall–Kier alpha value is -2.47. The van der Waals surface area contributed by atoms with Crippen LogP contribution in [0.2, 0.25) is 0 Å². The Labute approximate surface area is 159 Å². The average molecular weight is 363 g/mol. The van der Waals surface area contributed by atoms with Crippen LogP contribution >= 0.6 is 0 Å². The van der Waals surface area contributed by atoms with E-state index in [2.05, 4.69) is 47.3 Å². The first-order valence-electron chi connectivity index (χ1n) is 9.40. The number of aromatic nitrogens is 2. The summed E-state index contributed by atoms with van der Waals surface area (Å²) in [5.74, 6) is 0. The van der Waals surface area contributed by atoms with E-state index in [1.54, 1.807) is 6.20 Å². The lowest BCUT2D eigenvalue weighted by Gasteiger charge is -2.28. The highest BCUT2D eigenvalue weighted by molar-refractivity contribution is 5.73. The van der Waals surface area contributed by atoms with Gasteiger partial charge in [0.2, 0.25) is 0 Å². The van der Waals surface area contributed by atoms with Gasteiger partial charge in [0.1, 0.15) is 0 Å². The first kappa shape index (κ1) is 17.9. The maximum Gasteiger partial charge on any atom is 0.0916 e. The molecule has 1 aliphatic rings. The van der Waals surface area contributed by atoms with E-state index in [4.69, 9.17) is 4.74 Å². The van der Waals surface area contributed by atoms with Crippen LogP contribution in [-0.2, 0) is 4.74 Å². The van der Waals surface area contributed by atoms with Gasteiger partial charge in [0.25, 0.3) is 0 Å². The quantitative estimate of drug-likeness (QED) is 0.756. The number of β-amino-alcohol motifs (C(OH)–C–C–N with tert-alkyl or cyclic N) is 1. The van der Waals surface area contributed by atoms with Gasteiger partial charge in [-0.25, -0.2) is 4.68 Å². The van der Waals surface area contributed by atoms with Gasteiger partial charge in [-0.1, -0.05) is 36.4 Å². The van der Waals surface area contributed by atoms with Gasteiger partial charge in [-0.05, 0) is 35.7 Å². The van der Waals surface area contributed by atoms with Crippen molar-refractivity contribution in [3.8, 4) is 16.8 Å². The molecule has 140 valence electrons. The number of hydrogen-bond acceptors (Lipinski definition) is 4. The Kier molecular flexibility index (Phi) is 5.34. The highest BCUT2D eigenvalue weighted by Crippen LogP contribution is 2.29. The van der Waals surface area contributed by atoms with Gasteiger partial charge in [0.15, 0.2) is 0 Å². The summed E-state index contributed by atoms with van der Waals surface area (Å²) in [6, 6.07) is 16.5. The van der Waals surface area contributed by atoms with Gasteiger partial charge < -0.3 is 9.84 Å². The average Bonchev–Trinajstić information content (AvgIpc) is 3.24. The molecule has 1 fully saturated rings. The zero-order valence-electron chi connectivity index (χ0n) is 15.6. The van der Waals surface area contributed by atoms with Gasteiger partial charge in [-0.15, -0.1) is 0 Å². The highest BCUT2D eigenvalue weighted by Gasteiger charge is 2.16. The predicted octanol–water partition coefficient (Wildman–Crippen LogP) is 3.21. The molecule has 2 aromatic carbocycles. The molecule has 0 unspecified atom stereocenters. The first-order valence-corrected chi connectivity index (χ1v) is 9.40. The zero-order valence-corrected chi connectivity index (χ0v) is 15.6. The van der Waals surface area contributed by atoms with Crippen molar-refractivity contribution >= 4 is 0 Å². The maximum atomic E-state index is 10.6. The van der Waals surface area contributed by atoms with Crippen molar-refractivity contribution in [2.24, 2.45) is 0 Å². The van der Waals surface area contributed by atoms with Crippen molar-refractivity contribution in [2.45, 2.75) is 13.0 Å². The molecule has 0 radical (unpaired) electrons. The van der Waals surface area contributed by atoms with Crippen molar-refractivity contribution in [1.82, 2.24) is 14.7 Å². The smallest absolute Gasteiger partial charge is 0.0916 e. The molecule has 0 aliphatic carbocycles. The van der Waals surface area contributed by atoms with E-state index in [0.717, 1.165) is 48.7 Å². The number of aliphatic hydroxyl groups is 1. The minimum absolute atomic E-state index is 0.485. The molecule has 0 bridgehead atoms. The summed E-state index contributed by atoms with van der Waals surface area (Å²) in [6.07, 6.45) is 3.26. The minimum Gasteiger partial charge on any atom is -0.387 e. The van der Waals surface area contributed by atoms with Crippen LogP contribution in [0.5, 0.6) is 0 Å². The van der Waals surface area contributed by atoms with E-state index in [-0.39, 0.29) is 0 Å². The molecule has 3 aromatic rings. The van der Waals surface area contributed by atoms with Crippen LogP contribution < -0.4 is 0 Å². The normalized spacial score (nSPS) is 16.4. The number of nitrogens with zero attached hydrogens (tertiary/aromatic N) is 3. The van der Waals surface area contributed by atoms with Crippen molar-refractivity contribution in [1.29, 1.82) is 0 Å². The monoisotopic (exact) mass is 363 g/mol. The van der Waals surface area contributed by atoms with Crippen molar-refractivity contribution in [3.63, 3.8) is 0 Å². The van der Waals surface area contributed by atoms with E-state index < -0.39 is 6.10 Å². The molecular weight excluding hydrogens is 338 g/mol. The summed E-state index contributed by atoms with van der Waals surface area (Å²) in [7, 11) is 0. The number of ether oxygens (including phenoxy) is 1. The first-order chi connectivity index (χ1) is 13.2. The standard InChI is InChI=1S/C22H25N3O2/c1-17-3-8-20(21(15-17)25-10-2-9-23-25)18-4-6-19(7-5-18)22(26)16-24-11-13-27-14-12-24/h2-10,15,22,26H,11-14,16H2,1H3/t22-/m1/s1. The molecule has 5 heteroatoms. The molecule has 1 aliphatic heterocycles. The topological polar surface area (TPSA) is 50.5 Å². The molecule has 2 heterocycles. The molecule has 0 saturated carbocycles. The molecule has 1 N–H and O–H groups in total. The van der Waals surface area contributed by atoms with Gasteiger partial charge in [-0.2, -0.15) is 5.10 Å². The van der Waals surface area contributed by atoms with Crippen LogP contribution in [0.25, 0.3) is 16.8 Å². The second kappa shape index (κ2) is 8.05. The van der Waals surface area contributed by atoms with Crippen LogP contribution in [0.1, 0.15) is 17.2 Å². The van der Waals surface area contributed by atoms with Crippen LogP contribution in [0.15, 0.2) is 60.9 Å². The fraction of sp³-hybridized carbons (Fsp3) is 0.318. The third kappa shape index (κ3) is 4.11. The van der Waals surface area contributed by atoms with Gasteiger partial charge in [0.05, 0.1) is 25.0 Å². The summed E-state index contributed by atoms with van der Waals surface area (Å²) >= 11 is 0. The van der Waals surface area contributed by atoms with E-state index in [9.17, 15) is 5.11 Å². The van der Waals surface area contributed by atoms with Crippen LogP contribution in [0.3, 0.4) is 0 Å². The Morgan fingerprint density at radius 2 is 1.89 bits per heavy atom. The van der Waals surface area contributed by atoms with Gasteiger partial charge >= 0.3 is 0 Å². The highest BCUT2D eigenvalue weighted by atomic mass is 16.5. The summed E-state index contributed by atoms with van der Waals surface area (Å²) in [4.78, 5) is 2.25. The molecule has 0 spiro atoms. The van der Waals surface area contributed by atoms with Crippen molar-refractivity contribution < 1.29 is 9.84 Å². The summed E-state index contributed by atoms with van der Waals surface area (Å²) < 4.78 is 7.26. The second-order valence-electron chi connectivity index (χ2n) is 7.02. The lowest BCUT2D eigenvalue weighted by Crippen LogP contribution is -2.38. The maximum absolute atomic E-state index is 10.6. The lowest BCUT2D eigenvalue weighted by molar-refractivity contribution is 0.0143. The molecule has 1 saturated heterocycles. The van der Waals surface area contributed by atoms with E-state index in [1.165, 1.54) is 5.56 Å². The Bertz CT molecular complexity index is 869. The molecular formula is C22H25N3O2. The van der Waals surface area contributed by atoms with Crippen LogP contribution in [0, 0.1) is 6.92 Å². The van der Waals surface area contributed by atoms with E-state index in [0.29, 0.717) is 6.54 Å². The minimum atomic E-state index is -0.485. The Balaban J connectivity index is 1.56. The number of aliphatic hydroxyl groups excluding tert-OH is 1. The van der Waals surface area contributed by atoms with Crippen molar-refractivity contribution in [3.05, 3.63) is 72.1 Å². The molecule has 0 amide bonds. The summed E-state index contributed by atoms with van der Waals surface area (Å²) in [5.41, 5.74) is 5.43. The Morgan fingerprint density at radius 3 is 2.59 bits per heavy atom. The fourth-order valence-electron chi connectivity index (χ4n) is 3.51. The predicted molar refractivity (Wildman–Crippen MR) is 106 cm³/mol. The molecule has 27 heavy (non-hydrogen) atoms. The molecule has 1 atom stereocenters. The SMILES string of the molecule is Cc1ccc(-c2ccc([C@H](O)CN3CCOCC3)cc2)c(-n2cccn2)c1. The van der Waals surface area contributed by atoms with Crippen molar-refractivity contribution in [2.75, 3.05) is 32.8 Å². The molecule has 1 aromatic heterocycles. The second-order valence-corrected chi connectivity index (χ2v) is 7.02. The van der Waals surface area contributed by atoms with E-state index >= 15 is 0 Å². The summed E-state index contributed by atoms with van der Waals surface area (Å²) in [6.45, 7) is 5.98. The van der Waals surface area contributed by atoms with Gasteiger partial charge in [-0.3, -0.25) is 4.90 Å². The summed E-state index contributed by atoms with van der Waals surface area (Å²) in [5, 5.41) is 15.0. The number of benzene rings is 2. The third-order valence-corrected chi connectivity index (χ3v) is 5.05. The largest absolute Gasteiger partial charge is 0.387 e. The number of morpholine rings is 1. The number of aryl methyl sites for hydroxylation is 1. The fourth-order valence-corrected chi connectivity index (χ4v) is 3.51. The number of hydrogen-bond donors (Lipinski definition) is 1. The molecule has 5 nitrogen and oxygen atoms in total. The number of rotatable bonds is 5. The third-order valence-electron chi connectivity index (χ3n) is 5.05. The van der Waals surface area contributed by atoms with Gasteiger partial charge in [0, 0.05) is 37.6 Å². The van der Waals surface area contributed by atoms with Crippen LogP contribution in [-0.4, -0.2) is 52.6 Å². The Morgan fingerprint density at radius 1 is 1.11 bits per heavy atom. The zero-order chi connectivity index (χ0) is 18.6. The lowest BCUT2D eigenvalue weighted by atomic mass is 9.99. The molecule has 4 rings (SSSR count). The van der Waals surface area contributed by atoms with Crippen LogP contribution in [0.4, 0.5) is 0 Å².